The summed E-state index contributed by atoms with van der Waals surface area (Å²) in [5.74, 6) is 0.520. The predicted molar refractivity (Wildman–Crippen MR) is 85.9 cm³/mol. The fourth-order valence-corrected chi connectivity index (χ4v) is 1.64. The summed E-state index contributed by atoms with van der Waals surface area (Å²) in [5.41, 5.74) is 2.28. The Bertz CT molecular complexity index is 431. The normalized spacial score (nSPS) is 14.7. The molecular weight excluding hydrogens is 248 g/mol. The van der Waals surface area contributed by atoms with Gasteiger partial charge in [0.15, 0.2) is 0 Å². The third-order valence-corrected chi connectivity index (χ3v) is 3.92. The van der Waals surface area contributed by atoms with Crippen LogP contribution in [-0.4, -0.2) is 18.5 Å². The van der Waals surface area contributed by atoms with Crippen molar-refractivity contribution in [1.29, 1.82) is 0 Å². The van der Waals surface area contributed by atoms with Crippen LogP contribution in [0.5, 0.6) is 0 Å². The summed E-state index contributed by atoms with van der Waals surface area (Å²) in [5, 5.41) is 6.24. The molecule has 0 aliphatic heterocycles. The quantitative estimate of drug-likeness (QED) is 0.863. The van der Waals surface area contributed by atoms with Crippen molar-refractivity contribution in [2.45, 2.75) is 47.6 Å². The number of benzene rings is 1. The third kappa shape index (κ3) is 5.33. The Labute approximate surface area is 123 Å². The van der Waals surface area contributed by atoms with Crippen LogP contribution in [0, 0.1) is 18.3 Å². The second-order valence-corrected chi connectivity index (χ2v) is 6.75. The Morgan fingerprint density at radius 3 is 2.20 bits per heavy atom. The predicted octanol–water partition coefficient (Wildman–Crippen LogP) is 3.59. The molecule has 2 atom stereocenters. The summed E-state index contributed by atoms with van der Waals surface area (Å²) in [6.45, 7) is 13.6. The summed E-state index contributed by atoms with van der Waals surface area (Å²) in [7, 11) is 0. The average molecular weight is 276 g/mol. The largest absolute Gasteiger partial charge is 0.325 e. The Kier molecular flexibility index (Phi) is 5.75. The number of hydrogen-bond donors (Lipinski definition) is 2. The van der Waals surface area contributed by atoms with E-state index in [0.29, 0.717) is 5.92 Å². The van der Waals surface area contributed by atoms with Crippen molar-refractivity contribution < 1.29 is 4.79 Å². The molecule has 0 aliphatic carbocycles. The molecule has 1 rings (SSSR count). The molecule has 0 spiro atoms. The van der Waals surface area contributed by atoms with Gasteiger partial charge in [-0.2, -0.15) is 0 Å². The molecule has 20 heavy (non-hydrogen) atoms. The Hall–Kier alpha value is -1.35. The first-order valence-corrected chi connectivity index (χ1v) is 7.31. The van der Waals surface area contributed by atoms with E-state index in [0.717, 1.165) is 12.2 Å². The maximum atomic E-state index is 12.1. The average Bonchev–Trinajstić information content (AvgIpc) is 2.36. The molecular formula is C17H28N2O. The van der Waals surface area contributed by atoms with Gasteiger partial charge >= 0.3 is 0 Å². The van der Waals surface area contributed by atoms with E-state index in [4.69, 9.17) is 0 Å². The molecule has 2 unspecified atom stereocenters. The Morgan fingerprint density at radius 1 is 1.15 bits per heavy atom. The zero-order valence-corrected chi connectivity index (χ0v) is 13.6. The fourth-order valence-electron chi connectivity index (χ4n) is 1.64. The molecule has 0 saturated carbocycles. The van der Waals surface area contributed by atoms with Crippen LogP contribution < -0.4 is 10.6 Å². The highest BCUT2D eigenvalue weighted by molar-refractivity contribution is 5.94. The highest BCUT2D eigenvalue weighted by atomic mass is 16.2. The number of rotatable bonds is 5. The number of anilines is 1. The lowest BCUT2D eigenvalue weighted by atomic mass is 9.82. The highest BCUT2D eigenvalue weighted by Gasteiger charge is 2.21. The van der Waals surface area contributed by atoms with Gasteiger partial charge in [0.25, 0.3) is 0 Å². The van der Waals surface area contributed by atoms with Gasteiger partial charge in [-0.15, -0.1) is 0 Å². The summed E-state index contributed by atoms with van der Waals surface area (Å²) < 4.78 is 0. The van der Waals surface area contributed by atoms with Crippen molar-refractivity contribution in [1.82, 2.24) is 5.32 Å². The highest BCUT2D eigenvalue weighted by Crippen LogP contribution is 2.24. The minimum Gasteiger partial charge on any atom is -0.325 e. The van der Waals surface area contributed by atoms with E-state index in [1.165, 1.54) is 5.56 Å². The molecule has 0 heterocycles. The van der Waals surface area contributed by atoms with Gasteiger partial charge in [0.05, 0.1) is 6.04 Å². The molecule has 1 aromatic rings. The maximum Gasteiger partial charge on any atom is 0.241 e. The molecule has 0 saturated heterocycles. The van der Waals surface area contributed by atoms with Crippen molar-refractivity contribution in [2.75, 3.05) is 11.9 Å². The summed E-state index contributed by atoms with van der Waals surface area (Å²) in [4.78, 5) is 12.1. The van der Waals surface area contributed by atoms with E-state index in [9.17, 15) is 4.79 Å². The molecule has 3 nitrogen and oxygen atoms in total. The van der Waals surface area contributed by atoms with Gasteiger partial charge in [-0.05, 0) is 43.9 Å². The molecule has 0 radical (unpaired) electrons. The summed E-state index contributed by atoms with van der Waals surface area (Å²) in [6, 6.07) is 7.65. The van der Waals surface area contributed by atoms with Crippen LogP contribution in [0.25, 0.3) is 0 Å². The lowest BCUT2D eigenvalue weighted by Crippen LogP contribution is -2.42. The van der Waals surface area contributed by atoms with Gasteiger partial charge in [-0.1, -0.05) is 45.4 Å². The second kappa shape index (κ2) is 6.89. The fraction of sp³-hybridized carbons (Fsp3) is 0.588. The molecule has 1 aromatic carbocycles. The minimum atomic E-state index is -0.193. The minimum absolute atomic E-state index is 0.00922. The van der Waals surface area contributed by atoms with Gasteiger partial charge in [0, 0.05) is 5.69 Å². The number of aryl methyl sites for hydroxylation is 1. The van der Waals surface area contributed by atoms with E-state index in [2.05, 4.69) is 38.3 Å². The van der Waals surface area contributed by atoms with Gasteiger partial charge < -0.3 is 10.6 Å². The van der Waals surface area contributed by atoms with Gasteiger partial charge in [-0.25, -0.2) is 0 Å². The topological polar surface area (TPSA) is 41.1 Å². The van der Waals surface area contributed by atoms with Crippen molar-refractivity contribution >= 4 is 11.6 Å². The lowest BCUT2D eigenvalue weighted by molar-refractivity contribution is -0.117. The van der Waals surface area contributed by atoms with Crippen molar-refractivity contribution in [3.8, 4) is 0 Å². The van der Waals surface area contributed by atoms with E-state index >= 15 is 0 Å². The number of nitrogens with one attached hydrogen (secondary N) is 2. The smallest absolute Gasteiger partial charge is 0.241 e. The zero-order valence-electron chi connectivity index (χ0n) is 13.6. The van der Waals surface area contributed by atoms with Crippen LogP contribution in [0.2, 0.25) is 0 Å². The van der Waals surface area contributed by atoms with Crippen LogP contribution in [0.4, 0.5) is 5.69 Å². The maximum absolute atomic E-state index is 12.1. The molecule has 0 fully saturated rings. The van der Waals surface area contributed by atoms with E-state index in [1.807, 2.05) is 38.1 Å². The van der Waals surface area contributed by atoms with Crippen molar-refractivity contribution in [3.05, 3.63) is 29.8 Å². The lowest BCUT2D eigenvalue weighted by Gasteiger charge is -2.28. The molecule has 2 N–H and O–H groups in total. The van der Waals surface area contributed by atoms with Gasteiger partial charge in [-0.3, -0.25) is 4.79 Å². The van der Waals surface area contributed by atoms with Gasteiger partial charge in [0.2, 0.25) is 5.91 Å². The Balaban J connectivity index is 2.45. The SMILES string of the molecule is Cc1ccc(NC(=O)C(C)NCC(C)C(C)(C)C)cc1. The van der Waals surface area contributed by atoms with Crippen LogP contribution >= 0.6 is 0 Å². The first-order chi connectivity index (χ1) is 9.20. The molecule has 3 heteroatoms. The monoisotopic (exact) mass is 276 g/mol. The second-order valence-electron chi connectivity index (χ2n) is 6.75. The molecule has 112 valence electrons. The number of carbonyl (C=O) groups excluding carboxylic acids is 1. The van der Waals surface area contributed by atoms with Crippen LogP contribution in [0.15, 0.2) is 24.3 Å². The standard InChI is InChI=1S/C17H28N2O/c1-12-7-9-15(10-8-12)19-16(20)14(3)18-11-13(2)17(4,5)6/h7-10,13-14,18H,11H2,1-6H3,(H,19,20). The Morgan fingerprint density at radius 2 is 1.70 bits per heavy atom. The van der Waals surface area contributed by atoms with Crippen LogP contribution in [-0.2, 0) is 4.79 Å². The molecule has 1 amide bonds. The first kappa shape index (κ1) is 16.7. The van der Waals surface area contributed by atoms with Crippen LogP contribution in [0.3, 0.4) is 0 Å². The van der Waals surface area contributed by atoms with E-state index in [1.54, 1.807) is 0 Å². The zero-order chi connectivity index (χ0) is 15.3. The number of amides is 1. The molecule has 0 bridgehead atoms. The number of hydrogen-bond acceptors (Lipinski definition) is 2. The van der Waals surface area contributed by atoms with E-state index in [-0.39, 0.29) is 17.4 Å². The summed E-state index contributed by atoms with van der Waals surface area (Å²) in [6.07, 6.45) is 0. The third-order valence-electron chi connectivity index (χ3n) is 3.92. The van der Waals surface area contributed by atoms with E-state index < -0.39 is 0 Å². The van der Waals surface area contributed by atoms with Crippen molar-refractivity contribution in [3.63, 3.8) is 0 Å². The summed E-state index contributed by atoms with van der Waals surface area (Å²) >= 11 is 0. The van der Waals surface area contributed by atoms with Crippen LogP contribution in [0.1, 0.15) is 40.2 Å². The first-order valence-electron chi connectivity index (χ1n) is 7.31. The van der Waals surface area contributed by atoms with Crippen molar-refractivity contribution in [2.24, 2.45) is 11.3 Å². The molecule has 0 aromatic heterocycles. The molecule has 0 aliphatic rings. The van der Waals surface area contributed by atoms with Gasteiger partial charge in [0.1, 0.15) is 0 Å². The number of carbonyl (C=O) groups is 1.